The lowest BCUT2D eigenvalue weighted by atomic mass is 10.1. The molecule has 5 nitrogen and oxygen atoms in total. The SMILES string of the molecule is O=C(Nc1cccc(C(=O)N2CCCC(O)C2)c1)C1CCCC1. The Morgan fingerprint density at radius 1 is 1.13 bits per heavy atom. The van der Waals surface area contributed by atoms with Gasteiger partial charge in [0.05, 0.1) is 6.10 Å². The molecule has 0 radical (unpaired) electrons. The van der Waals surface area contributed by atoms with E-state index in [1.807, 2.05) is 6.07 Å². The summed E-state index contributed by atoms with van der Waals surface area (Å²) in [5.74, 6) is 0.0767. The first-order valence-electron chi connectivity index (χ1n) is 8.52. The Morgan fingerprint density at radius 2 is 1.91 bits per heavy atom. The maximum absolute atomic E-state index is 12.5. The Hall–Kier alpha value is -1.88. The summed E-state index contributed by atoms with van der Waals surface area (Å²) in [6, 6.07) is 7.09. The van der Waals surface area contributed by atoms with Crippen molar-refractivity contribution in [2.75, 3.05) is 18.4 Å². The highest BCUT2D eigenvalue weighted by Gasteiger charge is 2.24. The average molecular weight is 316 g/mol. The Morgan fingerprint density at radius 3 is 2.65 bits per heavy atom. The van der Waals surface area contributed by atoms with Gasteiger partial charge < -0.3 is 15.3 Å². The first-order chi connectivity index (χ1) is 11.1. The summed E-state index contributed by atoms with van der Waals surface area (Å²) in [6.45, 7) is 1.06. The van der Waals surface area contributed by atoms with Crippen LogP contribution in [0.25, 0.3) is 0 Å². The van der Waals surface area contributed by atoms with Crippen molar-refractivity contribution in [1.29, 1.82) is 0 Å². The van der Waals surface area contributed by atoms with Crippen molar-refractivity contribution in [2.45, 2.75) is 44.6 Å². The fourth-order valence-electron chi connectivity index (χ4n) is 3.48. The third kappa shape index (κ3) is 3.91. The zero-order valence-electron chi connectivity index (χ0n) is 13.3. The van der Waals surface area contributed by atoms with Gasteiger partial charge in [-0.2, -0.15) is 0 Å². The van der Waals surface area contributed by atoms with E-state index in [0.29, 0.717) is 24.3 Å². The van der Waals surface area contributed by atoms with Crippen LogP contribution < -0.4 is 5.32 Å². The van der Waals surface area contributed by atoms with Crippen LogP contribution in [0.15, 0.2) is 24.3 Å². The summed E-state index contributed by atoms with van der Waals surface area (Å²) < 4.78 is 0. The molecule has 0 spiro atoms. The molecule has 124 valence electrons. The van der Waals surface area contributed by atoms with E-state index in [1.54, 1.807) is 23.1 Å². The summed E-state index contributed by atoms with van der Waals surface area (Å²) in [7, 11) is 0. The lowest BCUT2D eigenvalue weighted by molar-refractivity contribution is -0.119. The number of likely N-dealkylation sites (tertiary alicyclic amines) is 1. The van der Waals surface area contributed by atoms with Gasteiger partial charge in [-0.3, -0.25) is 9.59 Å². The maximum Gasteiger partial charge on any atom is 0.254 e. The Labute approximate surface area is 136 Å². The van der Waals surface area contributed by atoms with Gasteiger partial charge >= 0.3 is 0 Å². The van der Waals surface area contributed by atoms with E-state index in [4.69, 9.17) is 0 Å². The van der Waals surface area contributed by atoms with E-state index >= 15 is 0 Å². The van der Waals surface area contributed by atoms with Crippen LogP contribution in [0.3, 0.4) is 0 Å². The minimum atomic E-state index is -0.432. The normalized spacial score (nSPS) is 22.1. The zero-order valence-corrected chi connectivity index (χ0v) is 13.3. The molecule has 1 saturated carbocycles. The second-order valence-corrected chi connectivity index (χ2v) is 6.60. The van der Waals surface area contributed by atoms with Crippen LogP contribution in [-0.4, -0.2) is 41.0 Å². The molecule has 1 unspecified atom stereocenters. The van der Waals surface area contributed by atoms with Crippen molar-refractivity contribution in [1.82, 2.24) is 4.90 Å². The quantitative estimate of drug-likeness (QED) is 0.900. The summed E-state index contributed by atoms with van der Waals surface area (Å²) in [6.07, 6.45) is 5.29. The van der Waals surface area contributed by atoms with Gasteiger partial charge in [0.25, 0.3) is 5.91 Å². The van der Waals surface area contributed by atoms with Crippen LogP contribution in [0.5, 0.6) is 0 Å². The highest BCUT2D eigenvalue weighted by Crippen LogP contribution is 2.26. The number of carbonyl (C=O) groups excluding carboxylic acids is 2. The summed E-state index contributed by atoms with van der Waals surface area (Å²) in [5.41, 5.74) is 1.23. The summed E-state index contributed by atoms with van der Waals surface area (Å²) >= 11 is 0. The molecule has 2 N–H and O–H groups in total. The van der Waals surface area contributed by atoms with Crippen LogP contribution in [0, 0.1) is 5.92 Å². The molecule has 2 fully saturated rings. The number of carbonyl (C=O) groups is 2. The Balaban J connectivity index is 1.66. The van der Waals surface area contributed by atoms with Crippen molar-refractivity contribution >= 4 is 17.5 Å². The second-order valence-electron chi connectivity index (χ2n) is 6.60. The van der Waals surface area contributed by atoms with Crippen molar-refractivity contribution < 1.29 is 14.7 Å². The molecule has 0 bridgehead atoms. The molecule has 1 aromatic carbocycles. The van der Waals surface area contributed by atoms with Gasteiger partial charge in [-0.1, -0.05) is 18.9 Å². The molecule has 1 aromatic rings. The summed E-state index contributed by atoms with van der Waals surface area (Å²) in [5, 5.41) is 12.7. The number of nitrogens with one attached hydrogen (secondary N) is 1. The highest BCUT2D eigenvalue weighted by molar-refractivity contribution is 5.97. The van der Waals surface area contributed by atoms with Crippen molar-refractivity contribution in [3.8, 4) is 0 Å². The van der Waals surface area contributed by atoms with E-state index in [1.165, 1.54) is 0 Å². The van der Waals surface area contributed by atoms with Crippen LogP contribution in [-0.2, 0) is 4.79 Å². The lowest BCUT2D eigenvalue weighted by Gasteiger charge is -2.30. The molecule has 3 rings (SSSR count). The molecule has 1 aliphatic carbocycles. The van der Waals surface area contributed by atoms with E-state index < -0.39 is 6.10 Å². The third-order valence-corrected chi connectivity index (χ3v) is 4.79. The van der Waals surface area contributed by atoms with Crippen LogP contribution in [0.2, 0.25) is 0 Å². The fraction of sp³-hybridized carbons (Fsp3) is 0.556. The largest absolute Gasteiger partial charge is 0.391 e. The highest BCUT2D eigenvalue weighted by atomic mass is 16.3. The van der Waals surface area contributed by atoms with Gasteiger partial charge in [0.2, 0.25) is 5.91 Å². The molecular weight excluding hydrogens is 292 g/mol. The number of anilines is 1. The van der Waals surface area contributed by atoms with Crippen LogP contribution >= 0.6 is 0 Å². The average Bonchev–Trinajstić information content (AvgIpc) is 3.09. The fourth-order valence-corrected chi connectivity index (χ4v) is 3.48. The Kier molecular flexibility index (Phi) is 4.96. The van der Waals surface area contributed by atoms with Gasteiger partial charge in [-0.25, -0.2) is 0 Å². The number of nitrogens with zero attached hydrogens (tertiary/aromatic N) is 1. The number of aliphatic hydroxyl groups excluding tert-OH is 1. The molecule has 1 atom stereocenters. The number of benzene rings is 1. The van der Waals surface area contributed by atoms with Gasteiger partial charge in [-0.05, 0) is 43.9 Å². The van der Waals surface area contributed by atoms with E-state index in [-0.39, 0.29) is 17.7 Å². The smallest absolute Gasteiger partial charge is 0.254 e. The first-order valence-corrected chi connectivity index (χ1v) is 8.52. The van der Waals surface area contributed by atoms with Crippen molar-refractivity contribution in [2.24, 2.45) is 5.92 Å². The molecule has 0 aromatic heterocycles. The molecule has 1 aliphatic heterocycles. The maximum atomic E-state index is 12.5. The molecule has 1 saturated heterocycles. The number of amides is 2. The van der Waals surface area contributed by atoms with E-state index in [0.717, 1.165) is 38.5 Å². The zero-order chi connectivity index (χ0) is 16.2. The molecule has 2 aliphatic rings. The van der Waals surface area contributed by atoms with E-state index in [2.05, 4.69) is 5.32 Å². The monoisotopic (exact) mass is 316 g/mol. The third-order valence-electron chi connectivity index (χ3n) is 4.79. The second kappa shape index (κ2) is 7.13. The predicted octanol–water partition coefficient (Wildman–Crippen LogP) is 2.41. The first kappa shape index (κ1) is 16.0. The van der Waals surface area contributed by atoms with Crippen molar-refractivity contribution in [3.05, 3.63) is 29.8 Å². The van der Waals surface area contributed by atoms with Gasteiger partial charge in [0.15, 0.2) is 0 Å². The van der Waals surface area contributed by atoms with Crippen LogP contribution in [0.4, 0.5) is 5.69 Å². The topological polar surface area (TPSA) is 69.6 Å². The number of rotatable bonds is 3. The number of hydrogen-bond donors (Lipinski definition) is 2. The van der Waals surface area contributed by atoms with Gasteiger partial charge in [0, 0.05) is 30.3 Å². The standard InChI is InChI=1S/C18H24N2O3/c21-16-9-4-10-20(12-16)18(23)14-7-3-8-15(11-14)19-17(22)13-5-1-2-6-13/h3,7-8,11,13,16,21H,1-2,4-6,9-10,12H2,(H,19,22). The van der Waals surface area contributed by atoms with Gasteiger partial charge in [0.1, 0.15) is 0 Å². The minimum absolute atomic E-state index is 0.0560. The molecule has 23 heavy (non-hydrogen) atoms. The predicted molar refractivity (Wildman–Crippen MR) is 88.2 cm³/mol. The van der Waals surface area contributed by atoms with Crippen LogP contribution in [0.1, 0.15) is 48.9 Å². The molecule has 2 amide bonds. The lowest BCUT2D eigenvalue weighted by Crippen LogP contribution is -2.42. The number of hydrogen-bond acceptors (Lipinski definition) is 3. The molecule has 1 heterocycles. The molecular formula is C18H24N2O3. The number of piperidine rings is 1. The van der Waals surface area contributed by atoms with E-state index in [9.17, 15) is 14.7 Å². The number of aliphatic hydroxyl groups is 1. The van der Waals surface area contributed by atoms with Crippen molar-refractivity contribution in [3.63, 3.8) is 0 Å². The summed E-state index contributed by atoms with van der Waals surface area (Å²) in [4.78, 5) is 26.4. The minimum Gasteiger partial charge on any atom is -0.391 e. The number of β-amino-alcohol motifs (C(OH)–C–C–N with tert-alkyl or cyclic N) is 1. The molecule has 5 heteroatoms. The van der Waals surface area contributed by atoms with Gasteiger partial charge in [-0.15, -0.1) is 0 Å². The Bertz CT molecular complexity index is 581.